The van der Waals surface area contributed by atoms with Crippen molar-refractivity contribution >= 4 is 53.3 Å². The van der Waals surface area contributed by atoms with E-state index >= 15 is 0 Å². The van der Waals surface area contributed by atoms with Crippen molar-refractivity contribution in [3.8, 4) is 0 Å². The summed E-state index contributed by atoms with van der Waals surface area (Å²) in [6.07, 6.45) is 1.63. The Hall–Kier alpha value is -1.49. The van der Waals surface area contributed by atoms with Crippen molar-refractivity contribution in [3.63, 3.8) is 0 Å². The van der Waals surface area contributed by atoms with Crippen LogP contribution in [0.2, 0.25) is 10.0 Å². The third-order valence-corrected chi connectivity index (χ3v) is 3.40. The fourth-order valence-corrected chi connectivity index (χ4v) is 2.40. The van der Waals surface area contributed by atoms with Crippen LogP contribution in [0.15, 0.2) is 41.4 Å². The zero-order chi connectivity index (χ0) is 16.1. The molecule has 0 spiro atoms. The second-order valence-corrected chi connectivity index (χ2v) is 5.79. The van der Waals surface area contributed by atoms with Crippen LogP contribution in [0.4, 0.5) is 15.8 Å². The predicted octanol–water partition coefficient (Wildman–Crippen LogP) is 5.39. The molecule has 2 aromatic rings. The predicted molar refractivity (Wildman–Crippen MR) is 99.3 cm³/mol. The number of aliphatic imine (C=N–C) groups is 1. The van der Waals surface area contributed by atoms with Crippen LogP contribution in [-0.2, 0) is 6.54 Å². The number of anilines is 1. The zero-order valence-corrected chi connectivity index (χ0v) is 15.0. The van der Waals surface area contributed by atoms with Gasteiger partial charge in [0, 0.05) is 26.3 Å². The molecule has 0 fully saturated rings. The number of hydrogen-bond donors (Lipinski definition) is 1. The third-order valence-electron chi connectivity index (χ3n) is 2.82. The van der Waals surface area contributed by atoms with Gasteiger partial charge >= 0.3 is 0 Å². The molecule has 0 aromatic heterocycles. The van der Waals surface area contributed by atoms with Crippen LogP contribution in [0.25, 0.3) is 0 Å². The molecule has 0 saturated carbocycles. The van der Waals surface area contributed by atoms with E-state index in [0.29, 0.717) is 22.3 Å². The molecular weight excluding hydrogens is 360 g/mol. The Labute approximate surface area is 151 Å². The van der Waals surface area contributed by atoms with Gasteiger partial charge in [0.1, 0.15) is 11.5 Å². The average molecular weight is 377 g/mol. The van der Waals surface area contributed by atoms with E-state index in [4.69, 9.17) is 23.2 Å². The molecule has 0 radical (unpaired) electrons. The third kappa shape index (κ3) is 5.90. The Balaban J connectivity index is 0.00000264. The molecule has 3 nitrogen and oxygen atoms in total. The van der Waals surface area contributed by atoms with Crippen molar-refractivity contribution in [1.29, 1.82) is 0 Å². The quantitative estimate of drug-likeness (QED) is 0.560. The van der Waals surface area contributed by atoms with Crippen molar-refractivity contribution in [2.24, 2.45) is 4.99 Å². The monoisotopic (exact) mass is 375 g/mol. The molecule has 0 aliphatic carbocycles. The zero-order valence-electron chi connectivity index (χ0n) is 12.7. The van der Waals surface area contributed by atoms with Crippen LogP contribution in [0.3, 0.4) is 0 Å². The highest BCUT2D eigenvalue weighted by Crippen LogP contribution is 2.36. The van der Waals surface area contributed by atoms with E-state index in [1.54, 1.807) is 29.4 Å². The van der Waals surface area contributed by atoms with Gasteiger partial charge in [-0.3, -0.25) is 0 Å². The minimum absolute atomic E-state index is 0. The van der Waals surface area contributed by atoms with Crippen LogP contribution >= 0.6 is 35.6 Å². The molecule has 0 amide bonds. The van der Waals surface area contributed by atoms with Gasteiger partial charge in [-0.2, -0.15) is 0 Å². The van der Waals surface area contributed by atoms with E-state index < -0.39 is 0 Å². The minimum Gasteiger partial charge on any atom is -0.381 e. The molecule has 0 bridgehead atoms. The smallest absolute Gasteiger partial charge is 0.123 e. The fraction of sp³-hybridized carbons (Fsp3) is 0.188. The van der Waals surface area contributed by atoms with Gasteiger partial charge in [0.15, 0.2) is 0 Å². The molecule has 1 N–H and O–H groups in total. The Morgan fingerprint density at radius 1 is 1.17 bits per heavy atom. The van der Waals surface area contributed by atoms with E-state index in [2.05, 4.69) is 10.3 Å². The lowest BCUT2D eigenvalue weighted by atomic mass is 10.2. The maximum Gasteiger partial charge on any atom is 0.123 e. The minimum atomic E-state index is -0.260. The lowest BCUT2D eigenvalue weighted by Crippen LogP contribution is -2.07. The van der Waals surface area contributed by atoms with Gasteiger partial charge in [-0.1, -0.05) is 35.3 Å². The number of hydrogen-bond acceptors (Lipinski definition) is 2. The van der Waals surface area contributed by atoms with Crippen molar-refractivity contribution in [2.75, 3.05) is 19.4 Å². The maximum absolute atomic E-state index is 13.1. The van der Waals surface area contributed by atoms with Gasteiger partial charge in [-0.05, 0) is 29.8 Å². The molecule has 23 heavy (non-hydrogen) atoms. The molecule has 2 rings (SSSR count). The fourth-order valence-electron chi connectivity index (χ4n) is 1.82. The summed E-state index contributed by atoms with van der Waals surface area (Å²) in [7, 11) is 3.72. The summed E-state index contributed by atoms with van der Waals surface area (Å²) in [5, 5.41) is 4.07. The van der Waals surface area contributed by atoms with Gasteiger partial charge in [0.05, 0.1) is 16.4 Å². The summed E-state index contributed by atoms with van der Waals surface area (Å²) >= 11 is 12.4. The Morgan fingerprint density at radius 3 is 2.39 bits per heavy atom. The standard InChI is InChI=1S/C16H16Cl2FN3.ClH/c1-22(2)10-21-16-14(17)7-13(8-15(16)18)20-9-11-4-3-5-12(19)6-11;/h3-8,10,20H,9H2,1-2H3;1H/b21-10-;. The second kappa shape index (κ2) is 8.96. The lowest BCUT2D eigenvalue weighted by Gasteiger charge is -2.10. The van der Waals surface area contributed by atoms with Crippen LogP contribution in [0.1, 0.15) is 5.56 Å². The van der Waals surface area contributed by atoms with Crippen LogP contribution in [-0.4, -0.2) is 25.3 Å². The molecule has 0 heterocycles. The number of nitrogens with one attached hydrogen (secondary N) is 1. The maximum atomic E-state index is 13.1. The van der Waals surface area contributed by atoms with Gasteiger partial charge in [0.25, 0.3) is 0 Å². The topological polar surface area (TPSA) is 27.6 Å². The Bertz CT molecular complexity index is 667. The van der Waals surface area contributed by atoms with Crippen LogP contribution in [0, 0.1) is 5.82 Å². The molecule has 2 aromatic carbocycles. The van der Waals surface area contributed by atoms with E-state index in [1.807, 2.05) is 20.2 Å². The number of halogens is 4. The highest BCUT2D eigenvalue weighted by atomic mass is 35.5. The summed E-state index contributed by atoms with van der Waals surface area (Å²) in [4.78, 5) is 6.03. The first-order valence-corrected chi connectivity index (χ1v) is 7.39. The molecule has 124 valence electrons. The van der Waals surface area contributed by atoms with Gasteiger partial charge < -0.3 is 10.2 Å². The van der Waals surface area contributed by atoms with Crippen molar-refractivity contribution < 1.29 is 4.39 Å². The van der Waals surface area contributed by atoms with Crippen molar-refractivity contribution in [1.82, 2.24) is 4.90 Å². The molecule has 0 unspecified atom stereocenters. The molecular formula is C16H17Cl3FN3. The Kier molecular flexibility index (Phi) is 7.62. The second-order valence-electron chi connectivity index (χ2n) is 4.98. The van der Waals surface area contributed by atoms with Crippen molar-refractivity contribution in [2.45, 2.75) is 6.54 Å². The first-order valence-electron chi connectivity index (χ1n) is 6.63. The molecule has 7 heteroatoms. The summed E-state index contributed by atoms with van der Waals surface area (Å²) in [5.74, 6) is -0.260. The lowest BCUT2D eigenvalue weighted by molar-refractivity contribution is 0.626. The molecule has 0 atom stereocenters. The summed E-state index contributed by atoms with van der Waals surface area (Å²) in [6.45, 7) is 0.477. The normalized spacial score (nSPS) is 10.5. The van der Waals surface area contributed by atoms with Crippen LogP contribution < -0.4 is 5.32 Å². The SMILES string of the molecule is CN(C)/C=N\c1c(Cl)cc(NCc2cccc(F)c2)cc1Cl.Cl. The van der Waals surface area contributed by atoms with Gasteiger partial charge in [0.2, 0.25) is 0 Å². The van der Waals surface area contributed by atoms with Crippen LogP contribution in [0.5, 0.6) is 0 Å². The highest BCUT2D eigenvalue weighted by Gasteiger charge is 2.07. The van der Waals surface area contributed by atoms with Crippen molar-refractivity contribution in [3.05, 3.63) is 57.8 Å². The van der Waals surface area contributed by atoms with Gasteiger partial charge in [-0.15, -0.1) is 12.4 Å². The number of rotatable bonds is 5. The largest absolute Gasteiger partial charge is 0.381 e. The van der Waals surface area contributed by atoms with Gasteiger partial charge in [-0.25, -0.2) is 9.38 Å². The average Bonchev–Trinajstić information content (AvgIpc) is 2.44. The Morgan fingerprint density at radius 2 is 1.83 bits per heavy atom. The van der Waals surface area contributed by atoms with E-state index in [1.165, 1.54) is 12.1 Å². The van der Waals surface area contributed by atoms with E-state index in [0.717, 1.165) is 11.3 Å². The first-order chi connectivity index (χ1) is 10.5. The molecule has 0 aliphatic rings. The molecule has 0 saturated heterocycles. The summed E-state index contributed by atoms with van der Waals surface area (Å²) in [5.41, 5.74) is 2.11. The molecule has 0 aliphatic heterocycles. The summed E-state index contributed by atoms with van der Waals surface area (Å²) in [6, 6.07) is 9.89. The summed E-state index contributed by atoms with van der Waals surface area (Å²) < 4.78 is 13.1. The first kappa shape index (κ1) is 19.6. The van der Waals surface area contributed by atoms with E-state index in [9.17, 15) is 4.39 Å². The highest BCUT2D eigenvalue weighted by molar-refractivity contribution is 6.39. The number of nitrogens with zero attached hydrogens (tertiary/aromatic N) is 2. The van der Waals surface area contributed by atoms with E-state index in [-0.39, 0.29) is 18.2 Å². The number of benzene rings is 2.